The molecule has 2 N–H and O–H groups in total. The first kappa shape index (κ1) is 17.2. The van der Waals surface area contributed by atoms with E-state index in [0.717, 1.165) is 24.1 Å². The molecule has 0 fully saturated rings. The van der Waals surface area contributed by atoms with Crippen molar-refractivity contribution in [1.82, 2.24) is 0 Å². The Kier molecular flexibility index (Phi) is 5.94. The van der Waals surface area contributed by atoms with Crippen LogP contribution in [0.15, 0.2) is 24.3 Å². The lowest BCUT2D eigenvalue weighted by Crippen LogP contribution is -2.37. The van der Waals surface area contributed by atoms with Crippen molar-refractivity contribution in [3.05, 3.63) is 29.8 Å². The van der Waals surface area contributed by atoms with Crippen molar-refractivity contribution >= 4 is 17.6 Å². The number of carbonyl (C=O) groups excluding carboxylic acids is 1. The number of hydrogen-bond acceptors (Lipinski definition) is 2. The zero-order chi connectivity index (χ0) is 16.0. The molecule has 0 bridgehead atoms. The van der Waals surface area contributed by atoms with E-state index in [0.29, 0.717) is 0 Å². The number of aryl methyl sites for hydroxylation is 1. The summed E-state index contributed by atoms with van der Waals surface area (Å²) in [5.74, 6) is -1.31. The van der Waals surface area contributed by atoms with Crippen molar-refractivity contribution in [1.29, 1.82) is 0 Å². The van der Waals surface area contributed by atoms with Gasteiger partial charge in [-0.05, 0) is 30.9 Å². The van der Waals surface area contributed by atoms with Gasteiger partial charge in [0.1, 0.15) is 0 Å². The van der Waals surface area contributed by atoms with Crippen LogP contribution in [0.25, 0.3) is 0 Å². The molecule has 1 aromatic carbocycles. The topological polar surface area (TPSA) is 66.4 Å². The predicted molar refractivity (Wildman–Crippen MR) is 84.3 cm³/mol. The molecule has 0 aliphatic rings. The number of carboxylic acids is 1. The maximum atomic E-state index is 12.2. The lowest BCUT2D eigenvalue weighted by Gasteiger charge is -2.28. The molecular weight excluding hydrogens is 266 g/mol. The second-order valence-electron chi connectivity index (χ2n) is 6.01. The van der Waals surface area contributed by atoms with E-state index < -0.39 is 11.4 Å². The molecule has 1 amide bonds. The number of carboxylic acid groups (broad SMARTS) is 1. The Morgan fingerprint density at radius 3 is 2.43 bits per heavy atom. The van der Waals surface area contributed by atoms with Crippen molar-refractivity contribution in [3.8, 4) is 0 Å². The third kappa shape index (κ3) is 4.31. The minimum Gasteiger partial charge on any atom is -0.481 e. The van der Waals surface area contributed by atoms with E-state index in [2.05, 4.69) is 12.2 Å². The van der Waals surface area contributed by atoms with E-state index in [4.69, 9.17) is 0 Å². The van der Waals surface area contributed by atoms with Crippen molar-refractivity contribution < 1.29 is 14.7 Å². The molecule has 0 saturated heterocycles. The summed E-state index contributed by atoms with van der Waals surface area (Å²) in [5, 5.41) is 12.2. The van der Waals surface area contributed by atoms with Gasteiger partial charge in [-0.3, -0.25) is 9.59 Å². The number of para-hydroxylation sites is 1. The Morgan fingerprint density at radius 1 is 1.29 bits per heavy atom. The molecule has 1 rings (SSSR count). The highest BCUT2D eigenvalue weighted by Crippen LogP contribution is 2.32. The molecule has 0 aromatic heterocycles. The molecule has 1 unspecified atom stereocenters. The maximum Gasteiger partial charge on any atom is 0.310 e. The number of amides is 1. The fourth-order valence-corrected chi connectivity index (χ4v) is 2.18. The minimum atomic E-state index is -1.05. The predicted octanol–water partition coefficient (Wildman–Crippen LogP) is 3.71. The van der Waals surface area contributed by atoms with E-state index in [1.54, 1.807) is 6.92 Å². The first-order valence-corrected chi connectivity index (χ1v) is 7.42. The summed E-state index contributed by atoms with van der Waals surface area (Å²) in [7, 11) is 0. The van der Waals surface area contributed by atoms with Gasteiger partial charge in [-0.2, -0.15) is 0 Å². The highest BCUT2D eigenvalue weighted by Gasteiger charge is 2.38. The summed E-state index contributed by atoms with van der Waals surface area (Å²) < 4.78 is 0. The fraction of sp³-hybridized carbons (Fsp3) is 0.529. The SMILES string of the molecule is CCCc1ccccc1NC(=O)CC(C)(C(=O)O)C(C)C. The Balaban J connectivity index is 2.85. The summed E-state index contributed by atoms with van der Waals surface area (Å²) in [5.41, 5.74) is 0.805. The zero-order valence-corrected chi connectivity index (χ0v) is 13.3. The molecule has 0 saturated carbocycles. The minimum absolute atomic E-state index is 0.0273. The van der Waals surface area contributed by atoms with Crippen LogP contribution in [0.3, 0.4) is 0 Å². The second-order valence-corrected chi connectivity index (χ2v) is 6.01. The van der Waals surface area contributed by atoms with E-state index in [-0.39, 0.29) is 18.2 Å². The monoisotopic (exact) mass is 291 g/mol. The summed E-state index contributed by atoms with van der Waals surface area (Å²) in [6.07, 6.45) is 1.85. The smallest absolute Gasteiger partial charge is 0.310 e. The first-order valence-electron chi connectivity index (χ1n) is 7.42. The molecule has 0 spiro atoms. The quantitative estimate of drug-likeness (QED) is 0.804. The van der Waals surface area contributed by atoms with Gasteiger partial charge in [0.15, 0.2) is 0 Å². The number of carbonyl (C=O) groups is 2. The molecule has 0 heterocycles. The molecule has 21 heavy (non-hydrogen) atoms. The normalized spacial score (nSPS) is 13.8. The van der Waals surface area contributed by atoms with Crippen LogP contribution in [0, 0.1) is 11.3 Å². The third-order valence-corrected chi connectivity index (χ3v) is 4.10. The average Bonchev–Trinajstić information content (AvgIpc) is 2.40. The van der Waals surface area contributed by atoms with Gasteiger partial charge in [-0.1, -0.05) is 45.4 Å². The van der Waals surface area contributed by atoms with Crippen molar-refractivity contribution in [2.75, 3.05) is 5.32 Å². The molecular formula is C17H25NO3. The molecule has 116 valence electrons. The summed E-state index contributed by atoms with van der Waals surface area (Å²) >= 11 is 0. The Labute approximate surface area is 126 Å². The third-order valence-electron chi connectivity index (χ3n) is 4.10. The van der Waals surface area contributed by atoms with Crippen molar-refractivity contribution in [3.63, 3.8) is 0 Å². The van der Waals surface area contributed by atoms with Crippen molar-refractivity contribution in [2.45, 2.75) is 47.0 Å². The molecule has 1 atom stereocenters. The molecule has 4 heteroatoms. The van der Waals surface area contributed by atoms with E-state index >= 15 is 0 Å². The standard InChI is InChI=1S/C17H25NO3/c1-5-8-13-9-6-7-10-14(13)18-15(19)11-17(4,12(2)3)16(20)21/h6-7,9-10,12H,5,8,11H2,1-4H3,(H,18,19)(H,20,21). The largest absolute Gasteiger partial charge is 0.481 e. The molecule has 0 aliphatic carbocycles. The Bertz CT molecular complexity index is 511. The number of hydrogen-bond donors (Lipinski definition) is 2. The maximum absolute atomic E-state index is 12.2. The lowest BCUT2D eigenvalue weighted by atomic mass is 9.76. The number of anilines is 1. The van der Waals surface area contributed by atoms with Gasteiger partial charge in [0, 0.05) is 12.1 Å². The molecule has 1 aromatic rings. The Morgan fingerprint density at radius 2 is 1.90 bits per heavy atom. The molecule has 0 radical (unpaired) electrons. The summed E-state index contributed by atoms with van der Waals surface area (Å²) in [4.78, 5) is 23.7. The van der Waals surface area contributed by atoms with E-state index in [1.807, 2.05) is 38.1 Å². The lowest BCUT2D eigenvalue weighted by molar-refractivity contribution is -0.153. The van der Waals surface area contributed by atoms with Crippen LogP contribution < -0.4 is 5.32 Å². The molecule has 0 aliphatic heterocycles. The number of rotatable bonds is 7. The van der Waals surface area contributed by atoms with Gasteiger partial charge in [0.05, 0.1) is 5.41 Å². The number of aliphatic carboxylic acids is 1. The average molecular weight is 291 g/mol. The van der Waals surface area contributed by atoms with Gasteiger partial charge in [0.2, 0.25) is 5.91 Å². The van der Waals surface area contributed by atoms with Crippen LogP contribution in [0.5, 0.6) is 0 Å². The van der Waals surface area contributed by atoms with Crippen LogP contribution in [0.1, 0.15) is 46.1 Å². The highest BCUT2D eigenvalue weighted by atomic mass is 16.4. The summed E-state index contributed by atoms with van der Waals surface area (Å²) in [6.45, 7) is 7.36. The zero-order valence-electron chi connectivity index (χ0n) is 13.3. The van der Waals surface area contributed by atoms with E-state index in [9.17, 15) is 14.7 Å². The van der Waals surface area contributed by atoms with Gasteiger partial charge < -0.3 is 10.4 Å². The van der Waals surface area contributed by atoms with Crippen LogP contribution in [-0.2, 0) is 16.0 Å². The molecule has 4 nitrogen and oxygen atoms in total. The van der Waals surface area contributed by atoms with Gasteiger partial charge >= 0.3 is 5.97 Å². The van der Waals surface area contributed by atoms with Crippen LogP contribution >= 0.6 is 0 Å². The van der Waals surface area contributed by atoms with Gasteiger partial charge in [0.25, 0.3) is 0 Å². The van der Waals surface area contributed by atoms with Crippen LogP contribution in [-0.4, -0.2) is 17.0 Å². The fourth-order valence-electron chi connectivity index (χ4n) is 2.18. The van der Waals surface area contributed by atoms with Crippen LogP contribution in [0.2, 0.25) is 0 Å². The van der Waals surface area contributed by atoms with Crippen LogP contribution in [0.4, 0.5) is 5.69 Å². The van der Waals surface area contributed by atoms with Gasteiger partial charge in [-0.25, -0.2) is 0 Å². The van der Waals surface area contributed by atoms with E-state index in [1.165, 1.54) is 0 Å². The highest BCUT2D eigenvalue weighted by molar-refractivity contribution is 5.94. The Hall–Kier alpha value is -1.84. The summed E-state index contributed by atoms with van der Waals surface area (Å²) in [6, 6.07) is 7.65. The second kappa shape index (κ2) is 7.25. The van der Waals surface area contributed by atoms with Crippen molar-refractivity contribution in [2.24, 2.45) is 11.3 Å². The number of benzene rings is 1. The van der Waals surface area contributed by atoms with Gasteiger partial charge in [-0.15, -0.1) is 0 Å². The first-order chi connectivity index (χ1) is 9.81. The number of nitrogens with one attached hydrogen (secondary N) is 1.